The van der Waals surface area contributed by atoms with Crippen LogP contribution in [0.3, 0.4) is 0 Å². The molecule has 206 valence electrons. The van der Waals surface area contributed by atoms with Crippen molar-refractivity contribution in [2.75, 3.05) is 18.8 Å². The molecule has 0 saturated heterocycles. The molecule has 0 saturated carbocycles. The summed E-state index contributed by atoms with van der Waals surface area (Å²) in [4.78, 5) is 49.5. The molecule has 4 N–H and O–H groups in total. The minimum absolute atomic E-state index is 0.190. The van der Waals surface area contributed by atoms with Crippen molar-refractivity contribution in [1.82, 2.24) is 15.4 Å². The maximum Gasteiger partial charge on any atom is 0.334 e. The molecule has 0 spiro atoms. The van der Waals surface area contributed by atoms with Gasteiger partial charge < -0.3 is 15.7 Å². The molecule has 0 aliphatic rings. The Balaban J connectivity index is 1.89. The third-order valence-electron chi connectivity index (χ3n) is 5.95. The van der Waals surface area contributed by atoms with Gasteiger partial charge in [-0.3, -0.25) is 14.4 Å². The van der Waals surface area contributed by atoms with Crippen molar-refractivity contribution in [2.45, 2.75) is 39.2 Å². The van der Waals surface area contributed by atoms with Gasteiger partial charge in [-0.2, -0.15) is 0 Å². The van der Waals surface area contributed by atoms with Crippen LogP contribution in [-0.4, -0.2) is 62.0 Å². The number of amides is 2. The van der Waals surface area contributed by atoms with E-state index in [9.17, 15) is 32.7 Å². The molecule has 1 unspecified atom stereocenters. The highest BCUT2D eigenvalue weighted by atomic mass is 32.2. The van der Waals surface area contributed by atoms with Gasteiger partial charge in [0.25, 0.3) is 0 Å². The largest absolute Gasteiger partial charge is 0.479 e. The average Bonchev–Trinajstić information content (AvgIpc) is 2.88. The van der Waals surface area contributed by atoms with Gasteiger partial charge in [0.2, 0.25) is 21.8 Å². The van der Waals surface area contributed by atoms with Gasteiger partial charge in [0.15, 0.2) is 11.8 Å². The smallest absolute Gasteiger partial charge is 0.334 e. The molecular weight excluding hydrogens is 510 g/mol. The first-order valence-electron chi connectivity index (χ1n) is 12.4. The number of benzene rings is 2. The van der Waals surface area contributed by atoms with Gasteiger partial charge in [-0.05, 0) is 29.9 Å². The zero-order valence-corrected chi connectivity index (χ0v) is 22.4. The number of carbonyl (C=O) groups excluding carboxylic acids is 3. The number of nitrogens with one attached hydrogen (secondary N) is 3. The Hall–Kier alpha value is -3.57. The quantitative estimate of drug-likeness (QED) is 0.232. The second-order valence-electron chi connectivity index (χ2n) is 9.26. The molecular formula is C27H35N3O7S. The Bertz CT molecular complexity index is 1190. The van der Waals surface area contributed by atoms with E-state index in [-0.39, 0.29) is 30.4 Å². The molecule has 0 aliphatic carbocycles. The van der Waals surface area contributed by atoms with E-state index in [0.29, 0.717) is 13.0 Å². The summed E-state index contributed by atoms with van der Waals surface area (Å²) in [6.45, 7) is 3.00. The maximum atomic E-state index is 12.8. The third kappa shape index (κ3) is 10.8. The highest BCUT2D eigenvalue weighted by Gasteiger charge is 2.33. The fraction of sp³-hybridized carbons (Fsp3) is 0.407. The molecule has 2 amide bonds. The molecule has 0 radical (unpaired) electrons. The monoisotopic (exact) mass is 545 g/mol. The normalized spacial score (nSPS) is 12.9. The van der Waals surface area contributed by atoms with Crippen LogP contribution in [0.5, 0.6) is 0 Å². The number of sulfonamides is 1. The van der Waals surface area contributed by atoms with Crippen LogP contribution in [0.4, 0.5) is 0 Å². The molecule has 10 nitrogen and oxygen atoms in total. The van der Waals surface area contributed by atoms with E-state index >= 15 is 0 Å². The van der Waals surface area contributed by atoms with Gasteiger partial charge in [0.05, 0.1) is 12.3 Å². The van der Waals surface area contributed by atoms with Crippen LogP contribution >= 0.6 is 0 Å². The summed E-state index contributed by atoms with van der Waals surface area (Å²) in [7, 11) is -3.87. The zero-order chi connectivity index (χ0) is 28.1. The first-order valence-corrected chi connectivity index (χ1v) is 14.0. The molecule has 0 heterocycles. The average molecular weight is 546 g/mol. The summed E-state index contributed by atoms with van der Waals surface area (Å²) in [6, 6.07) is 16.5. The molecule has 2 aromatic rings. The fourth-order valence-electron chi connectivity index (χ4n) is 3.68. The first-order chi connectivity index (χ1) is 18.0. The lowest BCUT2D eigenvalue weighted by molar-refractivity contribution is -0.146. The molecule has 11 heteroatoms. The SMILES string of the molecule is CC(C)[C@H](CC(=O)NCCc1ccccc1)C(=O)NC(C(=O)O)C(=O)CNS(=O)(=O)CCc1ccccc1. The van der Waals surface area contributed by atoms with Crippen molar-refractivity contribution in [3.8, 4) is 0 Å². The number of hydrogen-bond acceptors (Lipinski definition) is 6. The number of rotatable bonds is 16. The predicted molar refractivity (Wildman–Crippen MR) is 143 cm³/mol. The standard InChI is InChI=1S/C27H35N3O7S/c1-19(2)22(17-24(32)28-15-13-20-9-5-3-6-10-20)26(33)30-25(27(34)35)23(31)18-29-38(36,37)16-14-21-11-7-4-8-12-21/h3-12,19,22,25,29H,13-18H2,1-2H3,(H,28,32)(H,30,33)(H,34,35)/t22-,25?/m0/s1. The van der Waals surface area contributed by atoms with Gasteiger partial charge >= 0.3 is 5.97 Å². The molecule has 38 heavy (non-hydrogen) atoms. The van der Waals surface area contributed by atoms with Crippen LogP contribution in [-0.2, 0) is 42.0 Å². The topological polar surface area (TPSA) is 159 Å². The van der Waals surface area contributed by atoms with Crippen LogP contribution in [0, 0.1) is 11.8 Å². The van der Waals surface area contributed by atoms with Gasteiger partial charge in [-0.1, -0.05) is 74.5 Å². The van der Waals surface area contributed by atoms with Crippen molar-refractivity contribution < 1.29 is 32.7 Å². The van der Waals surface area contributed by atoms with Gasteiger partial charge in [-0.25, -0.2) is 17.9 Å². The van der Waals surface area contributed by atoms with Crippen LogP contribution in [0.2, 0.25) is 0 Å². The molecule has 2 aromatic carbocycles. The van der Waals surface area contributed by atoms with Crippen LogP contribution < -0.4 is 15.4 Å². The van der Waals surface area contributed by atoms with Crippen molar-refractivity contribution in [3.05, 3.63) is 71.8 Å². The Morgan fingerprint density at radius 2 is 1.42 bits per heavy atom. The van der Waals surface area contributed by atoms with Gasteiger partial charge in [0.1, 0.15) is 0 Å². The zero-order valence-electron chi connectivity index (χ0n) is 21.6. The molecule has 2 atom stereocenters. The lowest BCUT2D eigenvalue weighted by Crippen LogP contribution is -2.52. The number of ketones is 1. The summed E-state index contributed by atoms with van der Waals surface area (Å²) in [5.41, 5.74) is 1.84. The third-order valence-corrected chi connectivity index (χ3v) is 7.28. The number of aliphatic carboxylic acids is 1. The summed E-state index contributed by atoms with van der Waals surface area (Å²) in [5, 5.41) is 14.4. The first kappa shape index (κ1) is 30.7. The van der Waals surface area contributed by atoms with Gasteiger partial charge in [0, 0.05) is 18.9 Å². The second-order valence-corrected chi connectivity index (χ2v) is 11.2. The predicted octanol–water partition coefficient (Wildman–Crippen LogP) is 1.31. The number of carboxylic acid groups (broad SMARTS) is 1. The van der Waals surface area contributed by atoms with E-state index in [1.807, 2.05) is 30.3 Å². The second kappa shape index (κ2) is 15.0. The summed E-state index contributed by atoms with van der Waals surface area (Å²) < 4.78 is 26.7. The highest BCUT2D eigenvalue weighted by molar-refractivity contribution is 7.89. The van der Waals surface area contributed by atoms with E-state index in [4.69, 9.17) is 0 Å². The Kier molecular flexibility index (Phi) is 12.1. The molecule has 0 aromatic heterocycles. The van der Waals surface area contributed by atoms with E-state index in [1.165, 1.54) is 0 Å². The summed E-state index contributed by atoms with van der Waals surface area (Å²) >= 11 is 0. The summed E-state index contributed by atoms with van der Waals surface area (Å²) in [6.07, 6.45) is 0.639. The Morgan fingerprint density at radius 1 is 0.868 bits per heavy atom. The number of carbonyl (C=O) groups is 4. The Labute approximate surface area is 223 Å². The minimum atomic E-state index is -3.87. The lowest BCUT2D eigenvalue weighted by Gasteiger charge is -2.22. The highest BCUT2D eigenvalue weighted by Crippen LogP contribution is 2.16. The van der Waals surface area contributed by atoms with E-state index in [0.717, 1.165) is 11.1 Å². The minimum Gasteiger partial charge on any atom is -0.479 e. The number of Topliss-reactive ketones (excluding diaryl/α,β-unsaturated/α-hetero) is 1. The van der Waals surface area contributed by atoms with E-state index in [2.05, 4.69) is 15.4 Å². The van der Waals surface area contributed by atoms with Crippen LogP contribution in [0.25, 0.3) is 0 Å². The fourth-order valence-corrected chi connectivity index (χ4v) is 4.69. The Morgan fingerprint density at radius 3 is 1.95 bits per heavy atom. The summed E-state index contributed by atoms with van der Waals surface area (Å²) in [5.74, 6) is -5.29. The van der Waals surface area contributed by atoms with E-state index in [1.54, 1.807) is 44.2 Å². The number of hydrogen-bond donors (Lipinski definition) is 4. The van der Waals surface area contributed by atoms with Crippen LogP contribution in [0.1, 0.15) is 31.4 Å². The lowest BCUT2D eigenvalue weighted by atomic mass is 9.90. The van der Waals surface area contributed by atoms with Crippen molar-refractivity contribution >= 4 is 33.6 Å². The number of carboxylic acids is 1. The maximum absolute atomic E-state index is 12.8. The van der Waals surface area contributed by atoms with Crippen molar-refractivity contribution in [3.63, 3.8) is 0 Å². The van der Waals surface area contributed by atoms with Crippen molar-refractivity contribution in [2.24, 2.45) is 11.8 Å². The molecule has 0 bridgehead atoms. The molecule has 2 rings (SSSR count). The number of aryl methyl sites for hydroxylation is 1. The molecule has 0 fully saturated rings. The van der Waals surface area contributed by atoms with Gasteiger partial charge in [-0.15, -0.1) is 0 Å². The van der Waals surface area contributed by atoms with Crippen molar-refractivity contribution in [1.29, 1.82) is 0 Å². The molecule has 0 aliphatic heterocycles. The van der Waals surface area contributed by atoms with E-state index < -0.39 is 46.2 Å². The van der Waals surface area contributed by atoms with Crippen LogP contribution in [0.15, 0.2) is 60.7 Å².